The summed E-state index contributed by atoms with van der Waals surface area (Å²) in [5.41, 5.74) is 3.52. The van der Waals surface area contributed by atoms with Gasteiger partial charge in [-0.05, 0) is 49.4 Å². The maximum atomic E-state index is 12.8. The minimum absolute atomic E-state index is 0.100. The number of anilines is 1. The van der Waals surface area contributed by atoms with Crippen LogP contribution >= 0.6 is 31.9 Å². The molecule has 1 amide bonds. The van der Waals surface area contributed by atoms with Gasteiger partial charge in [0.25, 0.3) is 5.91 Å². The van der Waals surface area contributed by atoms with E-state index in [9.17, 15) is 4.79 Å². The Kier molecular flexibility index (Phi) is 5.60. The number of nitrogens with zero attached hydrogens (tertiary/aromatic N) is 3. The lowest BCUT2D eigenvalue weighted by Crippen LogP contribution is -2.14. The molecule has 7 heteroatoms. The van der Waals surface area contributed by atoms with Gasteiger partial charge in [0, 0.05) is 20.2 Å². The Hall–Kier alpha value is -2.77. The molecule has 0 aliphatic heterocycles. The van der Waals surface area contributed by atoms with Gasteiger partial charge in [-0.1, -0.05) is 67.8 Å². The van der Waals surface area contributed by atoms with Crippen molar-refractivity contribution >= 4 is 43.5 Å². The summed E-state index contributed by atoms with van der Waals surface area (Å²) >= 11 is 6.85. The smallest absolute Gasteiger partial charge is 0.295 e. The summed E-state index contributed by atoms with van der Waals surface area (Å²) in [7, 11) is 0. The lowest BCUT2D eigenvalue weighted by atomic mass is 10.1. The average molecular weight is 512 g/mol. The number of benzene rings is 3. The normalized spacial score (nSPS) is 10.7. The van der Waals surface area contributed by atoms with E-state index in [0.717, 1.165) is 25.8 Å². The van der Waals surface area contributed by atoms with Crippen LogP contribution in [0.15, 0.2) is 81.7 Å². The Morgan fingerprint density at radius 1 is 0.931 bits per heavy atom. The highest BCUT2D eigenvalue weighted by Gasteiger charge is 2.19. The second kappa shape index (κ2) is 8.31. The second-order valence-electron chi connectivity index (χ2n) is 6.48. The summed E-state index contributed by atoms with van der Waals surface area (Å²) in [6.07, 6.45) is 0. The third-order valence-corrected chi connectivity index (χ3v) is 5.30. The zero-order valence-corrected chi connectivity index (χ0v) is 18.6. The number of aromatic nitrogens is 3. The molecule has 1 aromatic heterocycles. The summed E-state index contributed by atoms with van der Waals surface area (Å²) in [4.78, 5) is 17.3. The summed E-state index contributed by atoms with van der Waals surface area (Å²) in [5.74, 6) is 0.336. The van der Waals surface area contributed by atoms with Gasteiger partial charge >= 0.3 is 0 Å². The molecule has 4 rings (SSSR count). The van der Waals surface area contributed by atoms with E-state index >= 15 is 0 Å². The monoisotopic (exact) mass is 510 g/mol. The molecule has 144 valence electrons. The fourth-order valence-electron chi connectivity index (χ4n) is 2.81. The van der Waals surface area contributed by atoms with Crippen molar-refractivity contribution in [1.82, 2.24) is 14.8 Å². The number of carbonyl (C=O) groups is 1. The van der Waals surface area contributed by atoms with Crippen molar-refractivity contribution in [2.24, 2.45) is 0 Å². The van der Waals surface area contributed by atoms with Crippen molar-refractivity contribution in [2.45, 2.75) is 6.92 Å². The van der Waals surface area contributed by atoms with Gasteiger partial charge < -0.3 is 5.32 Å². The van der Waals surface area contributed by atoms with Crippen LogP contribution in [-0.4, -0.2) is 20.7 Å². The topological polar surface area (TPSA) is 59.8 Å². The molecule has 0 saturated carbocycles. The van der Waals surface area contributed by atoms with Crippen molar-refractivity contribution in [3.63, 3.8) is 0 Å². The number of halogens is 2. The molecule has 0 radical (unpaired) electrons. The maximum Gasteiger partial charge on any atom is 0.295 e. The van der Waals surface area contributed by atoms with Crippen LogP contribution < -0.4 is 5.32 Å². The molecule has 0 bridgehead atoms. The predicted octanol–water partition coefficient (Wildman–Crippen LogP) is 6.02. The third kappa shape index (κ3) is 4.46. The quantitative estimate of drug-likeness (QED) is 0.364. The van der Waals surface area contributed by atoms with Crippen LogP contribution in [0.2, 0.25) is 0 Å². The molecular weight excluding hydrogens is 496 g/mol. The van der Waals surface area contributed by atoms with Crippen molar-refractivity contribution in [2.75, 3.05) is 5.32 Å². The number of aryl methyl sites for hydroxylation is 1. The van der Waals surface area contributed by atoms with Gasteiger partial charge in [-0.2, -0.15) is 0 Å². The molecule has 5 nitrogen and oxygen atoms in total. The molecular formula is C22H16Br2N4O. The van der Waals surface area contributed by atoms with E-state index in [1.165, 1.54) is 0 Å². The van der Waals surface area contributed by atoms with E-state index < -0.39 is 0 Å². The summed E-state index contributed by atoms with van der Waals surface area (Å²) < 4.78 is 3.53. The molecule has 0 spiro atoms. The highest BCUT2D eigenvalue weighted by molar-refractivity contribution is 9.10. The second-order valence-corrected chi connectivity index (χ2v) is 8.31. The molecule has 0 saturated heterocycles. The molecule has 0 aliphatic rings. The highest BCUT2D eigenvalue weighted by Crippen LogP contribution is 2.23. The fraction of sp³-hybridized carbons (Fsp3) is 0.0455. The Labute approximate surface area is 185 Å². The van der Waals surface area contributed by atoms with Gasteiger partial charge in [0.15, 0.2) is 5.82 Å². The van der Waals surface area contributed by atoms with Gasteiger partial charge in [-0.25, -0.2) is 9.67 Å². The summed E-state index contributed by atoms with van der Waals surface area (Å²) in [6, 6.07) is 23.1. The van der Waals surface area contributed by atoms with Gasteiger partial charge in [0.05, 0.1) is 5.69 Å². The molecule has 0 fully saturated rings. The lowest BCUT2D eigenvalue weighted by Gasteiger charge is -2.06. The predicted molar refractivity (Wildman–Crippen MR) is 121 cm³/mol. The number of amides is 1. The standard InChI is InChI=1S/C22H16Br2N4O/c1-14-5-7-15(8-6-14)21-26-20(22(29)25-18-4-2-3-17(24)13-18)27-28(21)19-11-9-16(23)10-12-19/h2-13H,1H3,(H,25,29). The lowest BCUT2D eigenvalue weighted by molar-refractivity contribution is 0.101. The minimum atomic E-state index is -0.368. The zero-order valence-electron chi connectivity index (χ0n) is 15.4. The highest BCUT2D eigenvalue weighted by atomic mass is 79.9. The van der Waals surface area contributed by atoms with E-state index in [1.54, 1.807) is 4.68 Å². The SMILES string of the molecule is Cc1ccc(-c2nc(C(=O)Nc3cccc(Br)c3)nn2-c2ccc(Br)cc2)cc1. The van der Waals surface area contributed by atoms with Crippen molar-refractivity contribution < 1.29 is 4.79 Å². The van der Waals surface area contributed by atoms with Crippen molar-refractivity contribution in [3.05, 3.63) is 93.1 Å². The Balaban J connectivity index is 1.75. The first-order chi connectivity index (χ1) is 14.0. The van der Waals surface area contributed by atoms with Crippen LogP contribution in [0.1, 0.15) is 16.2 Å². The number of carbonyl (C=O) groups excluding carboxylic acids is 1. The molecule has 0 aliphatic carbocycles. The van der Waals surface area contributed by atoms with Crippen LogP contribution in [0.4, 0.5) is 5.69 Å². The molecule has 1 heterocycles. The zero-order chi connectivity index (χ0) is 20.4. The first kappa shape index (κ1) is 19.5. The number of hydrogen-bond donors (Lipinski definition) is 1. The first-order valence-electron chi connectivity index (χ1n) is 8.86. The number of rotatable bonds is 4. The average Bonchev–Trinajstić information content (AvgIpc) is 3.15. The van der Waals surface area contributed by atoms with E-state index in [0.29, 0.717) is 11.5 Å². The van der Waals surface area contributed by atoms with Crippen LogP contribution in [0.5, 0.6) is 0 Å². The molecule has 3 aromatic carbocycles. The van der Waals surface area contributed by atoms with Gasteiger partial charge in [-0.15, -0.1) is 5.10 Å². The molecule has 29 heavy (non-hydrogen) atoms. The number of hydrogen-bond acceptors (Lipinski definition) is 3. The van der Waals surface area contributed by atoms with Crippen LogP contribution in [-0.2, 0) is 0 Å². The molecule has 0 atom stereocenters. The van der Waals surface area contributed by atoms with Crippen LogP contribution in [0.3, 0.4) is 0 Å². The van der Waals surface area contributed by atoms with E-state index in [4.69, 9.17) is 0 Å². The van der Waals surface area contributed by atoms with Crippen LogP contribution in [0, 0.1) is 6.92 Å². The largest absolute Gasteiger partial charge is 0.319 e. The Bertz CT molecular complexity index is 1110. The minimum Gasteiger partial charge on any atom is -0.319 e. The molecule has 0 unspecified atom stereocenters. The van der Waals surface area contributed by atoms with E-state index in [-0.39, 0.29) is 11.7 Å². The van der Waals surface area contributed by atoms with Gasteiger partial charge in [-0.3, -0.25) is 4.79 Å². The van der Waals surface area contributed by atoms with Crippen molar-refractivity contribution in [3.8, 4) is 17.1 Å². The Morgan fingerprint density at radius 2 is 1.66 bits per heavy atom. The first-order valence-corrected chi connectivity index (χ1v) is 10.5. The van der Waals surface area contributed by atoms with Crippen LogP contribution in [0.25, 0.3) is 17.1 Å². The van der Waals surface area contributed by atoms with Gasteiger partial charge in [0.2, 0.25) is 5.82 Å². The number of nitrogens with one attached hydrogen (secondary N) is 1. The Morgan fingerprint density at radius 3 is 2.34 bits per heavy atom. The van der Waals surface area contributed by atoms with E-state index in [1.807, 2.05) is 79.7 Å². The summed E-state index contributed by atoms with van der Waals surface area (Å²) in [5, 5.41) is 7.34. The molecule has 4 aromatic rings. The third-order valence-electron chi connectivity index (χ3n) is 4.27. The molecule has 1 N–H and O–H groups in total. The fourth-order valence-corrected chi connectivity index (χ4v) is 3.48. The van der Waals surface area contributed by atoms with E-state index in [2.05, 4.69) is 47.3 Å². The van der Waals surface area contributed by atoms with Gasteiger partial charge in [0.1, 0.15) is 0 Å². The summed E-state index contributed by atoms with van der Waals surface area (Å²) in [6.45, 7) is 2.03. The maximum absolute atomic E-state index is 12.8. The van der Waals surface area contributed by atoms with Crippen molar-refractivity contribution in [1.29, 1.82) is 0 Å².